The number of imidazole rings is 1. The standard InChI is InChI=1S/C23H24N4O4/c1-15-22-25-17(12-21(28)24-13-18-6-4-10-30-18)14-26(22)8-9-27(15)23(29)20-11-16-5-2-3-7-19(16)31-20/h2-7,10,14-15,20H,8-9,11-13H2,1H3,(H,24,28)/t15-,20-/m1/s1. The summed E-state index contributed by atoms with van der Waals surface area (Å²) in [4.78, 5) is 31.9. The number of carbonyl (C=O) groups is 2. The molecule has 0 unspecified atom stereocenters. The molecule has 0 saturated heterocycles. The average molecular weight is 420 g/mol. The van der Waals surface area contributed by atoms with E-state index in [1.807, 2.05) is 52.9 Å². The van der Waals surface area contributed by atoms with Crippen molar-refractivity contribution in [2.75, 3.05) is 6.54 Å². The molecular weight excluding hydrogens is 396 g/mol. The van der Waals surface area contributed by atoms with Crippen LogP contribution in [0, 0.1) is 0 Å². The van der Waals surface area contributed by atoms with Crippen LogP contribution in [0.2, 0.25) is 0 Å². The zero-order valence-corrected chi connectivity index (χ0v) is 17.3. The Morgan fingerprint density at radius 1 is 1.19 bits per heavy atom. The van der Waals surface area contributed by atoms with Gasteiger partial charge in [-0.1, -0.05) is 18.2 Å². The molecule has 3 aromatic rings. The molecule has 0 spiro atoms. The van der Waals surface area contributed by atoms with Crippen molar-refractivity contribution in [3.63, 3.8) is 0 Å². The number of benzene rings is 1. The molecule has 0 bridgehead atoms. The van der Waals surface area contributed by atoms with E-state index in [-0.39, 0.29) is 24.3 Å². The number of aromatic nitrogens is 2. The lowest BCUT2D eigenvalue weighted by molar-refractivity contribution is -0.141. The lowest BCUT2D eigenvalue weighted by Gasteiger charge is -2.35. The zero-order valence-electron chi connectivity index (χ0n) is 17.3. The van der Waals surface area contributed by atoms with Gasteiger partial charge >= 0.3 is 0 Å². The van der Waals surface area contributed by atoms with Crippen LogP contribution in [0.15, 0.2) is 53.3 Å². The summed E-state index contributed by atoms with van der Waals surface area (Å²) in [6.07, 6.45) is 3.76. The Hall–Kier alpha value is -3.55. The van der Waals surface area contributed by atoms with Crippen LogP contribution in [0.5, 0.6) is 5.75 Å². The third-order valence-electron chi connectivity index (χ3n) is 5.87. The van der Waals surface area contributed by atoms with Crippen LogP contribution in [0.1, 0.15) is 35.8 Å². The molecule has 4 heterocycles. The molecular formula is C23H24N4O4. The summed E-state index contributed by atoms with van der Waals surface area (Å²) in [6, 6.07) is 11.2. The first kappa shape index (κ1) is 19.4. The minimum Gasteiger partial charge on any atom is -0.480 e. The summed E-state index contributed by atoms with van der Waals surface area (Å²) in [5.74, 6) is 2.15. The molecule has 0 radical (unpaired) electrons. The number of hydrogen-bond donors (Lipinski definition) is 1. The van der Waals surface area contributed by atoms with E-state index in [0.29, 0.717) is 37.5 Å². The number of rotatable bonds is 5. The first-order chi connectivity index (χ1) is 15.1. The summed E-state index contributed by atoms with van der Waals surface area (Å²) in [6.45, 7) is 3.55. The maximum Gasteiger partial charge on any atom is 0.264 e. The van der Waals surface area contributed by atoms with E-state index in [9.17, 15) is 9.59 Å². The third kappa shape index (κ3) is 3.81. The number of ether oxygens (including phenoxy) is 1. The Kier molecular flexibility index (Phi) is 4.97. The van der Waals surface area contributed by atoms with Gasteiger partial charge in [-0.3, -0.25) is 9.59 Å². The minimum absolute atomic E-state index is 0.0179. The maximum atomic E-state index is 13.2. The molecule has 160 valence electrons. The van der Waals surface area contributed by atoms with Crippen molar-refractivity contribution < 1.29 is 18.7 Å². The molecule has 2 amide bonds. The van der Waals surface area contributed by atoms with Gasteiger partial charge in [-0.15, -0.1) is 0 Å². The number of hydrogen-bond acceptors (Lipinski definition) is 5. The van der Waals surface area contributed by atoms with E-state index in [0.717, 1.165) is 17.1 Å². The molecule has 2 aromatic heterocycles. The van der Waals surface area contributed by atoms with Gasteiger partial charge in [0.2, 0.25) is 5.91 Å². The highest BCUT2D eigenvalue weighted by Crippen LogP contribution is 2.32. The van der Waals surface area contributed by atoms with Crippen molar-refractivity contribution in [1.82, 2.24) is 19.8 Å². The fraction of sp³-hybridized carbons (Fsp3) is 0.348. The normalized spacial score (nSPS) is 19.5. The SMILES string of the molecule is C[C@@H]1c2nc(CC(=O)NCc3ccco3)cn2CCN1C(=O)[C@H]1Cc2ccccc2O1. The van der Waals surface area contributed by atoms with E-state index < -0.39 is 6.10 Å². The topological polar surface area (TPSA) is 89.6 Å². The Morgan fingerprint density at radius 3 is 2.87 bits per heavy atom. The molecule has 8 nitrogen and oxygen atoms in total. The minimum atomic E-state index is -0.492. The van der Waals surface area contributed by atoms with Crippen molar-refractivity contribution in [3.8, 4) is 5.75 Å². The van der Waals surface area contributed by atoms with E-state index in [1.165, 1.54) is 0 Å². The fourth-order valence-corrected chi connectivity index (χ4v) is 4.26. The van der Waals surface area contributed by atoms with Crippen molar-refractivity contribution >= 4 is 11.8 Å². The monoisotopic (exact) mass is 420 g/mol. The van der Waals surface area contributed by atoms with E-state index in [4.69, 9.17) is 9.15 Å². The van der Waals surface area contributed by atoms with Crippen LogP contribution >= 0.6 is 0 Å². The molecule has 2 aliphatic rings. The van der Waals surface area contributed by atoms with Gasteiger partial charge in [0.05, 0.1) is 31.0 Å². The predicted octanol–water partition coefficient (Wildman–Crippen LogP) is 2.24. The molecule has 0 fully saturated rings. The van der Waals surface area contributed by atoms with Gasteiger partial charge in [-0.25, -0.2) is 4.98 Å². The summed E-state index contributed by atoms with van der Waals surface area (Å²) < 4.78 is 13.2. The molecule has 1 N–H and O–H groups in total. The van der Waals surface area contributed by atoms with Gasteiger partial charge in [-0.05, 0) is 30.7 Å². The molecule has 0 aliphatic carbocycles. The highest BCUT2D eigenvalue weighted by molar-refractivity contribution is 5.83. The van der Waals surface area contributed by atoms with E-state index >= 15 is 0 Å². The van der Waals surface area contributed by atoms with E-state index in [2.05, 4.69) is 10.3 Å². The second kappa shape index (κ2) is 7.94. The first-order valence-corrected chi connectivity index (χ1v) is 10.5. The number of amides is 2. The summed E-state index contributed by atoms with van der Waals surface area (Å²) in [7, 11) is 0. The van der Waals surface area contributed by atoms with Crippen LogP contribution in [0.3, 0.4) is 0 Å². The molecule has 0 saturated carbocycles. The predicted molar refractivity (Wildman–Crippen MR) is 111 cm³/mol. The van der Waals surface area contributed by atoms with Gasteiger partial charge in [0.15, 0.2) is 6.10 Å². The Bertz CT molecular complexity index is 1080. The Labute approximate surface area is 179 Å². The summed E-state index contributed by atoms with van der Waals surface area (Å²) >= 11 is 0. The summed E-state index contributed by atoms with van der Waals surface area (Å²) in [5.41, 5.74) is 1.76. The van der Waals surface area contributed by atoms with Crippen LogP contribution in [-0.2, 0) is 35.5 Å². The van der Waals surface area contributed by atoms with Gasteiger partial charge < -0.3 is 23.9 Å². The average Bonchev–Trinajstić information content (AvgIpc) is 3.51. The van der Waals surface area contributed by atoms with E-state index in [1.54, 1.807) is 12.3 Å². The molecule has 1 aromatic carbocycles. The maximum absolute atomic E-state index is 13.2. The van der Waals surface area contributed by atoms with Gasteiger partial charge in [-0.2, -0.15) is 0 Å². The smallest absolute Gasteiger partial charge is 0.264 e. The largest absolute Gasteiger partial charge is 0.480 e. The Balaban J connectivity index is 1.23. The number of nitrogens with one attached hydrogen (secondary N) is 1. The summed E-state index contributed by atoms with van der Waals surface area (Å²) in [5, 5.41) is 2.83. The van der Waals surface area contributed by atoms with Crippen LogP contribution in [0.4, 0.5) is 0 Å². The van der Waals surface area contributed by atoms with Crippen molar-refractivity contribution in [3.05, 3.63) is 71.7 Å². The second-order valence-electron chi connectivity index (χ2n) is 7.94. The fourth-order valence-electron chi connectivity index (χ4n) is 4.26. The lowest BCUT2D eigenvalue weighted by atomic mass is 10.1. The van der Waals surface area contributed by atoms with Gasteiger partial charge in [0.25, 0.3) is 5.91 Å². The number of para-hydroxylation sites is 1. The molecule has 8 heteroatoms. The van der Waals surface area contributed by atoms with Gasteiger partial charge in [0.1, 0.15) is 17.3 Å². The molecule has 5 rings (SSSR count). The second-order valence-corrected chi connectivity index (χ2v) is 7.94. The number of fused-ring (bicyclic) bond motifs is 2. The third-order valence-corrected chi connectivity index (χ3v) is 5.87. The number of carbonyl (C=O) groups excluding carboxylic acids is 2. The van der Waals surface area contributed by atoms with Crippen LogP contribution < -0.4 is 10.1 Å². The van der Waals surface area contributed by atoms with Gasteiger partial charge in [0, 0.05) is 25.7 Å². The van der Waals surface area contributed by atoms with Crippen molar-refractivity contribution in [2.24, 2.45) is 0 Å². The van der Waals surface area contributed by atoms with Crippen molar-refractivity contribution in [2.45, 2.75) is 45.0 Å². The highest BCUT2D eigenvalue weighted by atomic mass is 16.5. The Morgan fingerprint density at radius 2 is 2.06 bits per heavy atom. The first-order valence-electron chi connectivity index (χ1n) is 10.5. The molecule has 2 aliphatic heterocycles. The highest BCUT2D eigenvalue weighted by Gasteiger charge is 2.37. The zero-order chi connectivity index (χ0) is 21.4. The molecule has 2 atom stereocenters. The number of nitrogens with zero attached hydrogens (tertiary/aromatic N) is 3. The van der Waals surface area contributed by atoms with Crippen LogP contribution in [0.25, 0.3) is 0 Å². The van der Waals surface area contributed by atoms with Crippen LogP contribution in [-0.4, -0.2) is 38.9 Å². The molecule has 31 heavy (non-hydrogen) atoms. The quantitative estimate of drug-likeness (QED) is 0.684. The number of furan rings is 1. The van der Waals surface area contributed by atoms with Crippen molar-refractivity contribution in [1.29, 1.82) is 0 Å². The lowest BCUT2D eigenvalue weighted by Crippen LogP contribution is -2.47.